The maximum Gasteiger partial charge on any atom is 0.263 e. The molecule has 1 unspecified atom stereocenters. The van der Waals surface area contributed by atoms with Gasteiger partial charge in [0.05, 0.1) is 11.9 Å². The predicted octanol–water partition coefficient (Wildman–Crippen LogP) is 3.03. The number of aromatic nitrogens is 3. The SMILES string of the molecule is Cc1nc(-c2cnn(C)c2)sc1C(=O)NCCN1c2ccccc2CC1C. The molecule has 3 aromatic rings. The van der Waals surface area contributed by atoms with Gasteiger partial charge in [-0.05, 0) is 31.9 Å². The highest BCUT2D eigenvalue weighted by Gasteiger charge is 2.25. The van der Waals surface area contributed by atoms with Crippen LogP contribution in [0.2, 0.25) is 0 Å². The number of carbonyl (C=O) groups excluding carboxylic acids is 1. The Kier molecular flexibility index (Phi) is 4.70. The summed E-state index contributed by atoms with van der Waals surface area (Å²) < 4.78 is 1.74. The van der Waals surface area contributed by atoms with Crippen molar-refractivity contribution in [2.75, 3.05) is 18.0 Å². The fraction of sp³-hybridized carbons (Fsp3) is 0.350. The lowest BCUT2D eigenvalue weighted by Gasteiger charge is -2.24. The van der Waals surface area contributed by atoms with E-state index in [0.717, 1.165) is 29.2 Å². The number of nitrogens with zero attached hydrogens (tertiary/aromatic N) is 4. The number of benzene rings is 1. The van der Waals surface area contributed by atoms with Crippen molar-refractivity contribution in [1.82, 2.24) is 20.1 Å². The first-order chi connectivity index (χ1) is 13.0. The largest absolute Gasteiger partial charge is 0.367 e. The summed E-state index contributed by atoms with van der Waals surface area (Å²) in [5.41, 5.74) is 4.37. The maximum absolute atomic E-state index is 12.6. The van der Waals surface area contributed by atoms with Crippen molar-refractivity contribution in [1.29, 1.82) is 0 Å². The molecule has 1 aromatic carbocycles. The molecule has 0 spiro atoms. The first-order valence-electron chi connectivity index (χ1n) is 9.12. The molecule has 4 rings (SSSR count). The van der Waals surface area contributed by atoms with Gasteiger partial charge in [0.25, 0.3) is 5.91 Å². The second-order valence-corrected chi connectivity index (χ2v) is 7.97. The Morgan fingerprint density at radius 3 is 2.96 bits per heavy atom. The number of amides is 1. The zero-order valence-electron chi connectivity index (χ0n) is 15.8. The van der Waals surface area contributed by atoms with Crippen molar-refractivity contribution in [2.24, 2.45) is 7.05 Å². The first-order valence-corrected chi connectivity index (χ1v) is 9.94. The molecule has 0 aliphatic carbocycles. The third-order valence-corrected chi connectivity index (χ3v) is 6.15. The van der Waals surface area contributed by atoms with E-state index >= 15 is 0 Å². The molecule has 1 aliphatic heterocycles. The summed E-state index contributed by atoms with van der Waals surface area (Å²) in [6.45, 7) is 5.52. The Morgan fingerprint density at radius 1 is 1.37 bits per heavy atom. The number of anilines is 1. The van der Waals surface area contributed by atoms with Crippen LogP contribution in [0.3, 0.4) is 0 Å². The molecule has 1 aliphatic rings. The number of nitrogens with one attached hydrogen (secondary N) is 1. The number of fused-ring (bicyclic) bond motifs is 1. The van der Waals surface area contributed by atoms with Gasteiger partial charge < -0.3 is 10.2 Å². The van der Waals surface area contributed by atoms with Crippen LogP contribution in [0.4, 0.5) is 5.69 Å². The first kappa shape index (κ1) is 17.7. The molecule has 0 saturated carbocycles. The fourth-order valence-electron chi connectivity index (χ4n) is 3.60. The molecule has 2 aromatic heterocycles. The van der Waals surface area contributed by atoms with Gasteiger partial charge in [0.2, 0.25) is 0 Å². The summed E-state index contributed by atoms with van der Waals surface area (Å²) in [7, 11) is 1.87. The number of hydrogen-bond donors (Lipinski definition) is 1. The van der Waals surface area contributed by atoms with Gasteiger partial charge in [-0.2, -0.15) is 5.10 Å². The Bertz CT molecular complexity index is 976. The number of para-hydroxylation sites is 1. The standard InChI is InChI=1S/C20H23N5OS/c1-13-10-15-6-4-5-7-17(15)25(13)9-8-21-19(26)18-14(2)23-20(27-18)16-11-22-24(3)12-16/h4-7,11-13H,8-10H2,1-3H3,(H,21,26). The van der Waals surface area contributed by atoms with Gasteiger partial charge in [0, 0.05) is 43.6 Å². The summed E-state index contributed by atoms with van der Waals surface area (Å²) in [6.07, 6.45) is 4.74. The Balaban J connectivity index is 1.40. The van der Waals surface area contributed by atoms with Gasteiger partial charge in [-0.1, -0.05) is 18.2 Å². The van der Waals surface area contributed by atoms with Crippen LogP contribution in [0.1, 0.15) is 27.9 Å². The van der Waals surface area contributed by atoms with E-state index in [0.29, 0.717) is 17.5 Å². The predicted molar refractivity (Wildman–Crippen MR) is 108 cm³/mol. The number of aryl methyl sites for hydroxylation is 2. The van der Waals surface area contributed by atoms with Crippen molar-refractivity contribution >= 4 is 22.9 Å². The van der Waals surface area contributed by atoms with Crippen molar-refractivity contribution in [3.8, 4) is 10.6 Å². The van der Waals surface area contributed by atoms with E-state index < -0.39 is 0 Å². The molecule has 1 N–H and O–H groups in total. The molecule has 3 heterocycles. The monoisotopic (exact) mass is 381 g/mol. The van der Waals surface area contributed by atoms with E-state index in [1.165, 1.54) is 22.6 Å². The highest BCUT2D eigenvalue weighted by molar-refractivity contribution is 7.17. The smallest absolute Gasteiger partial charge is 0.263 e. The minimum Gasteiger partial charge on any atom is -0.367 e. The van der Waals surface area contributed by atoms with Gasteiger partial charge in [-0.15, -0.1) is 11.3 Å². The Morgan fingerprint density at radius 2 is 2.19 bits per heavy atom. The van der Waals surface area contributed by atoms with Crippen LogP contribution in [0.25, 0.3) is 10.6 Å². The second-order valence-electron chi connectivity index (χ2n) is 6.97. The molecule has 6 nitrogen and oxygen atoms in total. The molecule has 0 saturated heterocycles. The quantitative estimate of drug-likeness (QED) is 0.738. The zero-order valence-corrected chi connectivity index (χ0v) is 16.6. The van der Waals surface area contributed by atoms with Gasteiger partial charge in [-0.25, -0.2) is 4.98 Å². The van der Waals surface area contributed by atoms with Crippen LogP contribution >= 0.6 is 11.3 Å². The second kappa shape index (κ2) is 7.15. The lowest BCUT2D eigenvalue weighted by atomic mass is 10.1. The van der Waals surface area contributed by atoms with Crippen molar-refractivity contribution in [3.05, 3.63) is 52.8 Å². The average Bonchev–Trinajstić information content (AvgIpc) is 3.32. The van der Waals surface area contributed by atoms with Crippen LogP contribution in [0.5, 0.6) is 0 Å². The minimum atomic E-state index is -0.0553. The lowest BCUT2D eigenvalue weighted by molar-refractivity contribution is 0.0957. The summed E-state index contributed by atoms with van der Waals surface area (Å²) in [5.74, 6) is -0.0553. The highest BCUT2D eigenvalue weighted by Crippen LogP contribution is 2.31. The lowest BCUT2D eigenvalue weighted by Crippen LogP contribution is -2.37. The van der Waals surface area contributed by atoms with E-state index in [9.17, 15) is 4.79 Å². The molecule has 0 radical (unpaired) electrons. The molecule has 27 heavy (non-hydrogen) atoms. The van der Waals surface area contributed by atoms with Crippen LogP contribution in [-0.2, 0) is 13.5 Å². The van der Waals surface area contributed by atoms with Gasteiger partial charge in [0.15, 0.2) is 0 Å². The summed E-state index contributed by atoms with van der Waals surface area (Å²) >= 11 is 1.42. The summed E-state index contributed by atoms with van der Waals surface area (Å²) in [4.78, 5) is 20.2. The van der Waals surface area contributed by atoms with E-state index in [2.05, 4.69) is 51.5 Å². The summed E-state index contributed by atoms with van der Waals surface area (Å²) in [6, 6.07) is 8.97. The number of rotatable bonds is 5. The van der Waals surface area contributed by atoms with Crippen LogP contribution in [0.15, 0.2) is 36.7 Å². The minimum absolute atomic E-state index is 0.0553. The fourth-order valence-corrected chi connectivity index (χ4v) is 4.56. The molecular weight excluding hydrogens is 358 g/mol. The number of hydrogen-bond acceptors (Lipinski definition) is 5. The van der Waals surface area contributed by atoms with Gasteiger partial charge in [-0.3, -0.25) is 9.48 Å². The third kappa shape index (κ3) is 3.47. The molecule has 140 valence electrons. The van der Waals surface area contributed by atoms with E-state index in [1.54, 1.807) is 10.9 Å². The highest BCUT2D eigenvalue weighted by atomic mass is 32.1. The molecule has 0 fully saturated rings. The molecule has 1 atom stereocenters. The van der Waals surface area contributed by atoms with Gasteiger partial charge >= 0.3 is 0 Å². The van der Waals surface area contributed by atoms with Crippen LogP contribution in [0, 0.1) is 6.92 Å². The molecule has 0 bridgehead atoms. The average molecular weight is 382 g/mol. The maximum atomic E-state index is 12.6. The van der Waals surface area contributed by atoms with E-state index in [4.69, 9.17) is 0 Å². The molecule has 1 amide bonds. The number of carbonyl (C=O) groups is 1. The van der Waals surface area contributed by atoms with E-state index in [1.807, 2.05) is 20.2 Å². The van der Waals surface area contributed by atoms with Gasteiger partial charge in [0.1, 0.15) is 9.88 Å². The Hall–Kier alpha value is -2.67. The van der Waals surface area contributed by atoms with Crippen molar-refractivity contribution in [3.63, 3.8) is 0 Å². The summed E-state index contributed by atoms with van der Waals surface area (Å²) in [5, 5.41) is 8.06. The van der Waals surface area contributed by atoms with Crippen LogP contribution < -0.4 is 10.2 Å². The molecule has 7 heteroatoms. The normalized spacial score (nSPS) is 15.8. The van der Waals surface area contributed by atoms with E-state index in [-0.39, 0.29) is 5.91 Å². The van der Waals surface area contributed by atoms with Crippen molar-refractivity contribution < 1.29 is 4.79 Å². The third-order valence-electron chi connectivity index (χ3n) is 4.94. The molecular formula is C20H23N5OS. The number of thiazole rings is 1. The van der Waals surface area contributed by atoms with Crippen LogP contribution in [-0.4, -0.2) is 39.8 Å². The topological polar surface area (TPSA) is 63.1 Å². The van der Waals surface area contributed by atoms with Crippen molar-refractivity contribution in [2.45, 2.75) is 26.3 Å². The Labute approximate surface area is 162 Å². The zero-order chi connectivity index (χ0) is 19.0.